The summed E-state index contributed by atoms with van der Waals surface area (Å²) in [6.45, 7) is 0. The van der Waals surface area contributed by atoms with Crippen molar-refractivity contribution in [1.82, 2.24) is 10.6 Å². The lowest BCUT2D eigenvalue weighted by Crippen LogP contribution is -2.38. The molecule has 0 aromatic carbocycles. The monoisotopic (exact) mass is 179 g/mol. The standard InChI is InChI=1S/C9H13N3O/c13-8-7(5-1-2-5)11-9(12-8)10-6-3-4-6/h5-7H,1-4H2,(H2,10,11,12,13). The Bertz CT molecular complexity index is 279. The van der Waals surface area contributed by atoms with Crippen molar-refractivity contribution in [2.24, 2.45) is 10.9 Å². The van der Waals surface area contributed by atoms with Gasteiger partial charge in [0.05, 0.1) is 0 Å². The van der Waals surface area contributed by atoms with Crippen LogP contribution >= 0.6 is 0 Å². The number of aliphatic imine (C=N–C) groups is 1. The van der Waals surface area contributed by atoms with Gasteiger partial charge >= 0.3 is 0 Å². The first kappa shape index (κ1) is 7.35. The third-order valence-corrected chi connectivity index (χ3v) is 2.77. The van der Waals surface area contributed by atoms with Crippen molar-refractivity contribution >= 4 is 11.9 Å². The van der Waals surface area contributed by atoms with Crippen LogP contribution in [-0.4, -0.2) is 24.0 Å². The minimum atomic E-state index is -0.0822. The first-order valence-corrected chi connectivity index (χ1v) is 4.98. The number of carbonyl (C=O) groups is 1. The Morgan fingerprint density at radius 1 is 1.31 bits per heavy atom. The summed E-state index contributed by atoms with van der Waals surface area (Å²) in [4.78, 5) is 15.8. The summed E-state index contributed by atoms with van der Waals surface area (Å²) < 4.78 is 0. The van der Waals surface area contributed by atoms with Crippen LogP contribution in [0.1, 0.15) is 25.7 Å². The van der Waals surface area contributed by atoms with E-state index in [0.717, 1.165) is 12.8 Å². The van der Waals surface area contributed by atoms with Crippen molar-refractivity contribution in [3.8, 4) is 0 Å². The maximum atomic E-state index is 11.4. The van der Waals surface area contributed by atoms with Gasteiger partial charge in [-0.05, 0) is 31.6 Å². The normalized spacial score (nSPS) is 32.8. The van der Waals surface area contributed by atoms with E-state index in [1.165, 1.54) is 12.8 Å². The van der Waals surface area contributed by atoms with Crippen molar-refractivity contribution in [2.45, 2.75) is 37.8 Å². The summed E-state index contributed by atoms with van der Waals surface area (Å²) in [5, 5.41) is 6.01. The van der Waals surface area contributed by atoms with E-state index >= 15 is 0 Å². The van der Waals surface area contributed by atoms with Crippen LogP contribution in [0.5, 0.6) is 0 Å². The Labute approximate surface area is 76.8 Å². The highest BCUT2D eigenvalue weighted by molar-refractivity contribution is 6.05. The molecule has 3 aliphatic rings. The molecular weight excluding hydrogens is 166 g/mol. The van der Waals surface area contributed by atoms with Crippen LogP contribution < -0.4 is 10.6 Å². The number of nitrogens with zero attached hydrogens (tertiary/aromatic N) is 1. The third kappa shape index (κ3) is 1.41. The molecule has 0 aromatic heterocycles. The molecule has 70 valence electrons. The van der Waals surface area contributed by atoms with Gasteiger partial charge in [-0.2, -0.15) is 0 Å². The van der Waals surface area contributed by atoms with Gasteiger partial charge < -0.3 is 5.32 Å². The Morgan fingerprint density at radius 2 is 2.08 bits per heavy atom. The molecule has 3 rings (SSSR count). The molecular formula is C9H13N3O. The summed E-state index contributed by atoms with van der Waals surface area (Å²) in [7, 11) is 0. The van der Waals surface area contributed by atoms with Gasteiger partial charge in [0.15, 0.2) is 5.96 Å². The lowest BCUT2D eigenvalue weighted by molar-refractivity contribution is -0.120. The van der Waals surface area contributed by atoms with Gasteiger partial charge in [0.1, 0.15) is 6.04 Å². The predicted octanol–water partition coefficient (Wildman–Crippen LogP) is 0.00280. The largest absolute Gasteiger partial charge is 0.353 e. The highest BCUT2D eigenvalue weighted by atomic mass is 16.2. The molecule has 0 bridgehead atoms. The Balaban J connectivity index is 1.67. The van der Waals surface area contributed by atoms with Gasteiger partial charge in [0, 0.05) is 6.04 Å². The molecule has 2 fully saturated rings. The fraction of sp³-hybridized carbons (Fsp3) is 0.778. The summed E-state index contributed by atoms with van der Waals surface area (Å²) in [6, 6.07) is 0.484. The van der Waals surface area contributed by atoms with Crippen molar-refractivity contribution in [3.63, 3.8) is 0 Å². The van der Waals surface area contributed by atoms with Gasteiger partial charge in [0.25, 0.3) is 5.91 Å². The molecule has 13 heavy (non-hydrogen) atoms. The highest BCUT2D eigenvalue weighted by Crippen LogP contribution is 2.35. The van der Waals surface area contributed by atoms with Crippen molar-refractivity contribution in [2.75, 3.05) is 0 Å². The number of rotatable bonds is 2. The van der Waals surface area contributed by atoms with Crippen LogP contribution in [0.3, 0.4) is 0 Å². The molecule has 1 unspecified atom stereocenters. The molecule has 2 aliphatic carbocycles. The molecule has 0 radical (unpaired) electrons. The molecule has 2 N–H and O–H groups in total. The van der Waals surface area contributed by atoms with Crippen LogP contribution in [0.25, 0.3) is 0 Å². The molecule has 0 spiro atoms. The van der Waals surface area contributed by atoms with Gasteiger partial charge in [-0.1, -0.05) is 0 Å². The van der Waals surface area contributed by atoms with E-state index in [9.17, 15) is 4.79 Å². The molecule has 1 heterocycles. The summed E-state index contributed by atoms with van der Waals surface area (Å²) in [5.74, 6) is 1.33. The molecule has 2 saturated carbocycles. The topological polar surface area (TPSA) is 53.5 Å². The Morgan fingerprint density at radius 3 is 2.69 bits per heavy atom. The average molecular weight is 179 g/mol. The van der Waals surface area contributed by atoms with Crippen LogP contribution in [0.2, 0.25) is 0 Å². The number of amides is 1. The molecule has 1 amide bonds. The Kier molecular flexibility index (Phi) is 1.39. The summed E-state index contributed by atoms with van der Waals surface area (Å²) >= 11 is 0. The first-order valence-electron chi connectivity index (χ1n) is 4.98. The van der Waals surface area contributed by atoms with Gasteiger partial charge in [-0.15, -0.1) is 0 Å². The van der Waals surface area contributed by atoms with E-state index in [4.69, 9.17) is 0 Å². The van der Waals surface area contributed by atoms with E-state index in [1.807, 2.05) is 0 Å². The molecule has 1 atom stereocenters. The molecule has 4 nitrogen and oxygen atoms in total. The first-order chi connectivity index (χ1) is 6.33. The fourth-order valence-corrected chi connectivity index (χ4v) is 1.65. The predicted molar refractivity (Wildman–Crippen MR) is 48.2 cm³/mol. The Hall–Kier alpha value is -1.06. The van der Waals surface area contributed by atoms with Gasteiger partial charge in [0.2, 0.25) is 0 Å². The van der Waals surface area contributed by atoms with Crippen molar-refractivity contribution < 1.29 is 4.79 Å². The second-order valence-electron chi connectivity index (χ2n) is 4.17. The van der Waals surface area contributed by atoms with Crippen molar-refractivity contribution in [1.29, 1.82) is 0 Å². The van der Waals surface area contributed by atoms with Gasteiger partial charge in [-0.3, -0.25) is 10.1 Å². The zero-order valence-electron chi connectivity index (χ0n) is 7.42. The maximum absolute atomic E-state index is 11.4. The number of nitrogens with one attached hydrogen (secondary N) is 2. The van der Waals surface area contributed by atoms with E-state index in [2.05, 4.69) is 15.6 Å². The second kappa shape index (κ2) is 2.47. The van der Waals surface area contributed by atoms with E-state index in [-0.39, 0.29) is 11.9 Å². The number of hydrogen-bond acceptors (Lipinski definition) is 3. The minimum absolute atomic E-state index is 0.0822. The smallest absolute Gasteiger partial charge is 0.251 e. The molecule has 0 aromatic rings. The molecule has 0 saturated heterocycles. The van der Waals surface area contributed by atoms with E-state index < -0.39 is 0 Å². The minimum Gasteiger partial charge on any atom is -0.353 e. The molecule has 1 aliphatic heterocycles. The number of guanidine groups is 1. The van der Waals surface area contributed by atoms with Gasteiger partial charge in [-0.25, -0.2) is 4.99 Å². The highest BCUT2D eigenvalue weighted by Gasteiger charge is 2.40. The quantitative estimate of drug-likeness (QED) is 0.627. The zero-order valence-corrected chi connectivity index (χ0v) is 7.42. The van der Waals surface area contributed by atoms with E-state index in [0.29, 0.717) is 17.9 Å². The van der Waals surface area contributed by atoms with E-state index in [1.54, 1.807) is 0 Å². The number of carbonyl (C=O) groups excluding carboxylic acids is 1. The van der Waals surface area contributed by atoms with Crippen molar-refractivity contribution in [3.05, 3.63) is 0 Å². The zero-order chi connectivity index (χ0) is 8.84. The SMILES string of the molecule is O=C1NC(NC2CC2)=NC1C1CC1. The van der Waals surface area contributed by atoms with Crippen LogP contribution in [0.4, 0.5) is 0 Å². The lowest BCUT2D eigenvalue weighted by Gasteiger charge is -2.01. The average Bonchev–Trinajstić information content (AvgIpc) is 2.94. The van der Waals surface area contributed by atoms with Crippen LogP contribution in [0.15, 0.2) is 4.99 Å². The lowest BCUT2D eigenvalue weighted by atomic mass is 10.2. The summed E-state index contributed by atoms with van der Waals surface area (Å²) in [6.07, 6.45) is 4.75. The maximum Gasteiger partial charge on any atom is 0.251 e. The fourth-order valence-electron chi connectivity index (χ4n) is 1.65. The van der Waals surface area contributed by atoms with Crippen LogP contribution in [-0.2, 0) is 4.79 Å². The van der Waals surface area contributed by atoms with Crippen LogP contribution in [0, 0.1) is 5.92 Å². The number of hydrogen-bond donors (Lipinski definition) is 2. The summed E-state index contributed by atoms with van der Waals surface area (Å²) in [5.41, 5.74) is 0. The second-order valence-corrected chi connectivity index (χ2v) is 4.17. The molecule has 4 heteroatoms. The third-order valence-electron chi connectivity index (χ3n) is 2.77.